The summed E-state index contributed by atoms with van der Waals surface area (Å²) in [6, 6.07) is 0.810. The van der Waals surface area contributed by atoms with Crippen molar-refractivity contribution in [3.05, 3.63) is 24.0 Å². The molecule has 0 fully saturated rings. The lowest BCUT2D eigenvalue weighted by Gasteiger charge is -2.22. The molecule has 7 nitrogen and oxygen atoms in total. The van der Waals surface area contributed by atoms with Crippen LogP contribution in [-0.2, 0) is 16.0 Å². The van der Waals surface area contributed by atoms with Crippen LogP contribution in [0.5, 0.6) is 0 Å². The number of pyridine rings is 1. The Bertz CT molecular complexity index is 526. The van der Waals surface area contributed by atoms with E-state index in [0.29, 0.717) is 18.5 Å². The lowest BCUT2D eigenvalue weighted by molar-refractivity contribution is -0.139. The molecule has 22 heavy (non-hydrogen) atoms. The molecule has 1 aromatic rings. The zero-order chi connectivity index (χ0) is 16.8. The minimum atomic E-state index is -1.09. The number of anilines is 1. The monoisotopic (exact) mass is 309 g/mol. The van der Waals surface area contributed by atoms with Crippen molar-refractivity contribution in [3.63, 3.8) is 0 Å². The summed E-state index contributed by atoms with van der Waals surface area (Å²) in [5.74, 6) is -1.09. The molecule has 0 saturated heterocycles. The number of hydrogen-bond acceptors (Lipinski definition) is 5. The number of hydrogen-bond donors (Lipinski definition) is 3. The summed E-state index contributed by atoms with van der Waals surface area (Å²) in [5.41, 5.74) is 6.60. The summed E-state index contributed by atoms with van der Waals surface area (Å²) in [6.07, 6.45) is 3.94. The summed E-state index contributed by atoms with van der Waals surface area (Å²) in [4.78, 5) is 26.7. The van der Waals surface area contributed by atoms with Crippen LogP contribution in [-0.4, -0.2) is 33.8 Å². The van der Waals surface area contributed by atoms with Gasteiger partial charge >= 0.3 is 12.1 Å². The van der Waals surface area contributed by atoms with E-state index >= 15 is 0 Å². The number of carboxylic acids is 1. The SMILES string of the molecule is CC(C)(C)OC(=O)N[C@@H](CCCc1ccncc1N)C(=O)O. The number of carbonyl (C=O) groups is 2. The Morgan fingerprint density at radius 2 is 2.14 bits per heavy atom. The minimum absolute atomic E-state index is 0.288. The number of aromatic nitrogens is 1. The van der Waals surface area contributed by atoms with Crippen molar-refractivity contribution in [3.8, 4) is 0 Å². The van der Waals surface area contributed by atoms with Gasteiger partial charge in [-0.05, 0) is 51.7 Å². The van der Waals surface area contributed by atoms with Crippen LogP contribution >= 0.6 is 0 Å². The predicted molar refractivity (Wildman–Crippen MR) is 82.4 cm³/mol. The number of carboxylic acid groups (broad SMARTS) is 1. The number of aliphatic carboxylic acids is 1. The first-order chi connectivity index (χ1) is 10.2. The number of nitrogens with one attached hydrogen (secondary N) is 1. The number of alkyl carbamates (subject to hydrolysis) is 1. The number of nitrogens with zero attached hydrogens (tertiary/aromatic N) is 1. The van der Waals surface area contributed by atoms with Crippen molar-refractivity contribution in [1.82, 2.24) is 10.3 Å². The van der Waals surface area contributed by atoms with Crippen LogP contribution in [0.15, 0.2) is 18.5 Å². The molecule has 1 rings (SSSR count). The zero-order valence-corrected chi connectivity index (χ0v) is 13.1. The molecule has 0 aliphatic carbocycles. The van der Waals surface area contributed by atoms with E-state index in [9.17, 15) is 9.59 Å². The van der Waals surface area contributed by atoms with E-state index in [1.54, 1.807) is 39.2 Å². The first-order valence-corrected chi connectivity index (χ1v) is 7.10. The van der Waals surface area contributed by atoms with E-state index in [2.05, 4.69) is 10.3 Å². The first-order valence-electron chi connectivity index (χ1n) is 7.10. The van der Waals surface area contributed by atoms with Crippen LogP contribution in [0.3, 0.4) is 0 Å². The molecule has 1 aromatic heterocycles. The van der Waals surface area contributed by atoms with Crippen LogP contribution in [0.1, 0.15) is 39.2 Å². The Kier molecular flexibility index (Phi) is 6.15. The van der Waals surface area contributed by atoms with Gasteiger partial charge in [-0.25, -0.2) is 9.59 Å². The maximum Gasteiger partial charge on any atom is 0.408 e. The average Bonchev–Trinajstić information content (AvgIpc) is 2.37. The Balaban J connectivity index is 2.50. The van der Waals surface area contributed by atoms with Crippen molar-refractivity contribution >= 4 is 17.7 Å². The van der Waals surface area contributed by atoms with Gasteiger partial charge in [-0.3, -0.25) is 4.98 Å². The Morgan fingerprint density at radius 1 is 1.45 bits per heavy atom. The highest BCUT2D eigenvalue weighted by atomic mass is 16.6. The fourth-order valence-electron chi connectivity index (χ4n) is 1.87. The fourth-order valence-corrected chi connectivity index (χ4v) is 1.87. The molecule has 1 atom stereocenters. The molecule has 1 amide bonds. The lowest BCUT2D eigenvalue weighted by Crippen LogP contribution is -2.43. The molecule has 0 saturated carbocycles. The molecular formula is C15H23N3O4. The van der Waals surface area contributed by atoms with E-state index in [-0.39, 0.29) is 6.42 Å². The standard InChI is InChI=1S/C15H23N3O4/c1-15(2,3)22-14(21)18-12(13(19)20)6-4-5-10-7-8-17-9-11(10)16/h7-9,12H,4-6,16H2,1-3H3,(H,18,21)(H,19,20)/t12-/m0/s1. The highest BCUT2D eigenvalue weighted by molar-refractivity contribution is 5.79. The number of rotatable bonds is 6. The highest BCUT2D eigenvalue weighted by Gasteiger charge is 2.23. The largest absolute Gasteiger partial charge is 0.480 e. The number of ether oxygens (including phenoxy) is 1. The third-order valence-electron chi connectivity index (χ3n) is 2.87. The van der Waals surface area contributed by atoms with Crippen molar-refractivity contribution in [1.29, 1.82) is 0 Å². The van der Waals surface area contributed by atoms with Gasteiger partial charge in [0.2, 0.25) is 0 Å². The van der Waals surface area contributed by atoms with Gasteiger partial charge in [0.05, 0.1) is 11.9 Å². The van der Waals surface area contributed by atoms with Crippen LogP contribution in [0.4, 0.5) is 10.5 Å². The molecule has 122 valence electrons. The molecule has 0 radical (unpaired) electrons. The van der Waals surface area contributed by atoms with E-state index in [0.717, 1.165) is 5.56 Å². The number of amides is 1. The molecule has 0 unspecified atom stereocenters. The molecule has 0 aliphatic rings. The van der Waals surface area contributed by atoms with Gasteiger partial charge in [0.15, 0.2) is 0 Å². The van der Waals surface area contributed by atoms with Crippen LogP contribution in [0.2, 0.25) is 0 Å². The maximum absolute atomic E-state index is 11.6. The summed E-state index contributed by atoms with van der Waals surface area (Å²) >= 11 is 0. The smallest absolute Gasteiger partial charge is 0.408 e. The van der Waals surface area contributed by atoms with Gasteiger partial charge in [0, 0.05) is 6.20 Å². The highest BCUT2D eigenvalue weighted by Crippen LogP contribution is 2.13. The van der Waals surface area contributed by atoms with Crippen LogP contribution in [0.25, 0.3) is 0 Å². The van der Waals surface area contributed by atoms with Gasteiger partial charge in [0.1, 0.15) is 11.6 Å². The van der Waals surface area contributed by atoms with Crippen molar-refractivity contribution in [2.24, 2.45) is 0 Å². The van der Waals surface area contributed by atoms with E-state index in [1.165, 1.54) is 0 Å². The lowest BCUT2D eigenvalue weighted by atomic mass is 10.0. The average molecular weight is 309 g/mol. The Labute approximate surface area is 129 Å². The summed E-state index contributed by atoms with van der Waals surface area (Å²) in [6.45, 7) is 5.15. The normalized spacial score (nSPS) is 12.5. The summed E-state index contributed by atoms with van der Waals surface area (Å²) in [7, 11) is 0. The summed E-state index contributed by atoms with van der Waals surface area (Å²) < 4.78 is 5.06. The van der Waals surface area contributed by atoms with Gasteiger partial charge in [-0.2, -0.15) is 0 Å². The molecule has 1 heterocycles. The molecule has 4 N–H and O–H groups in total. The quantitative estimate of drug-likeness (QED) is 0.740. The molecule has 7 heteroatoms. The van der Waals surface area contributed by atoms with E-state index < -0.39 is 23.7 Å². The molecule has 0 aromatic carbocycles. The summed E-state index contributed by atoms with van der Waals surface area (Å²) in [5, 5.41) is 11.5. The first kappa shape index (κ1) is 17.7. The molecule has 0 aliphatic heterocycles. The molecule has 0 spiro atoms. The molecular weight excluding hydrogens is 286 g/mol. The number of nitrogens with two attached hydrogens (primary N) is 1. The Hall–Kier alpha value is -2.31. The van der Waals surface area contributed by atoms with E-state index in [1.807, 2.05) is 0 Å². The van der Waals surface area contributed by atoms with Crippen molar-refractivity contribution in [2.45, 2.75) is 51.7 Å². The van der Waals surface area contributed by atoms with Gasteiger partial charge in [-0.15, -0.1) is 0 Å². The number of nitrogen functional groups attached to an aromatic ring is 1. The van der Waals surface area contributed by atoms with Crippen LogP contribution in [0, 0.1) is 0 Å². The Morgan fingerprint density at radius 3 is 2.68 bits per heavy atom. The molecule has 0 bridgehead atoms. The topological polar surface area (TPSA) is 115 Å². The second kappa shape index (κ2) is 7.63. The van der Waals surface area contributed by atoms with Crippen molar-refractivity contribution < 1.29 is 19.4 Å². The van der Waals surface area contributed by atoms with Gasteiger partial charge in [0.25, 0.3) is 0 Å². The van der Waals surface area contributed by atoms with E-state index in [4.69, 9.17) is 15.6 Å². The fraction of sp³-hybridized carbons (Fsp3) is 0.533. The predicted octanol–water partition coefficient (Wildman–Crippen LogP) is 1.96. The minimum Gasteiger partial charge on any atom is -0.480 e. The van der Waals surface area contributed by atoms with Gasteiger partial charge < -0.3 is 20.9 Å². The third-order valence-corrected chi connectivity index (χ3v) is 2.87. The van der Waals surface area contributed by atoms with Crippen molar-refractivity contribution in [2.75, 3.05) is 5.73 Å². The van der Waals surface area contributed by atoms with Crippen LogP contribution < -0.4 is 11.1 Å². The maximum atomic E-state index is 11.6. The number of carbonyl (C=O) groups excluding carboxylic acids is 1. The zero-order valence-electron chi connectivity index (χ0n) is 13.1. The third kappa shape index (κ3) is 6.43. The number of aryl methyl sites for hydroxylation is 1. The second-order valence-corrected chi connectivity index (χ2v) is 6.00. The van der Waals surface area contributed by atoms with Gasteiger partial charge in [-0.1, -0.05) is 0 Å². The second-order valence-electron chi connectivity index (χ2n) is 6.00.